The fourth-order valence-electron chi connectivity index (χ4n) is 7.35. The number of fused-ring (bicyclic) bond motifs is 4. The lowest BCUT2D eigenvalue weighted by Gasteiger charge is -2.39. The molecule has 4 aromatic carbocycles. The second-order valence-electron chi connectivity index (χ2n) is 12.5. The summed E-state index contributed by atoms with van der Waals surface area (Å²) in [5.74, 6) is -0.0217. The Morgan fingerprint density at radius 3 is 2.34 bits per heavy atom. The number of rotatable bonds is 2. The van der Waals surface area contributed by atoms with Crippen molar-refractivity contribution < 1.29 is 10.2 Å². The molecule has 5 nitrogen and oxygen atoms in total. The van der Waals surface area contributed by atoms with Crippen molar-refractivity contribution in [1.82, 2.24) is 14.7 Å². The van der Waals surface area contributed by atoms with Crippen molar-refractivity contribution in [3.05, 3.63) is 101 Å². The van der Waals surface area contributed by atoms with E-state index < -0.39 is 0 Å². The average Bonchev–Trinajstić information content (AvgIpc) is 3.21. The molecule has 0 bridgehead atoms. The van der Waals surface area contributed by atoms with E-state index in [4.69, 9.17) is 0 Å². The van der Waals surface area contributed by atoms with Gasteiger partial charge in [0.05, 0.1) is 0 Å². The van der Waals surface area contributed by atoms with Gasteiger partial charge in [-0.15, -0.1) is 11.8 Å². The summed E-state index contributed by atoms with van der Waals surface area (Å²) < 4.78 is 0. The molecule has 4 aliphatic rings. The van der Waals surface area contributed by atoms with E-state index >= 15 is 0 Å². The number of phenols is 2. The predicted molar refractivity (Wildman–Crippen MR) is 182 cm³/mol. The van der Waals surface area contributed by atoms with Crippen LogP contribution in [0.25, 0.3) is 11.1 Å². The van der Waals surface area contributed by atoms with Crippen LogP contribution in [0.5, 0.6) is 11.5 Å². The van der Waals surface area contributed by atoms with Crippen molar-refractivity contribution in [2.24, 2.45) is 0 Å². The van der Waals surface area contributed by atoms with Crippen molar-refractivity contribution in [2.45, 2.75) is 46.0 Å². The van der Waals surface area contributed by atoms with E-state index in [9.17, 15) is 10.2 Å². The van der Waals surface area contributed by atoms with Crippen LogP contribution in [-0.4, -0.2) is 78.0 Å². The minimum Gasteiger partial charge on any atom is -0.504 e. The Morgan fingerprint density at radius 1 is 0.750 bits per heavy atom. The van der Waals surface area contributed by atoms with Crippen LogP contribution in [0.3, 0.4) is 0 Å². The summed E-state index contributed by atoms with van der Waals surface area (Å²) in [5, 5.41) is 20.1. The second-order valence-corrected chi connectivity index (χ2v) is 14.4. The zero-order valence-electron chi connectivity index (χ0n) is 25.8. The monoisotopic (exact) mass is 623 g/mol. The van der Waals surface area contributed by atoms with Crippen molar-refractivity contribution in [3.63, 3.8) is 0 Å². The Morgan fingerprint density at radius 2 is 1.52 bits per heavy atom. The first kappa shape index (κ1) is 29.8. The summed E-state index contributed by atoms with van der Waals surface area (Å²) in [7, 11) is 4.39. The van der Waals surface area contributed by atoms with Gasteiger partial charge in [0, 0.05) is 65.1 Å². The van der Waals surface area contributed by atoms with Gasteiger partial charge in [-0.2, -0.15) is 0 Å². The van der Waals surface area contributed by atoms with Crippen LogP contribution in [0, 0.1) is 0 Å². The normalized spacial score (nSPS) is 21.2. The Bertz CT molecular complexity index is 1680. The van der Waals surface area contributed by atoms with Gasteiger partial charge in [-0.25, -0.2) is 0 Å². The van der Waals surface area contributed by atoms with Crippen molar-refractivity contribution in [2.75, 3.05) is 53.1 Å². The van der Waals surface area contributed by atoms with Gasteiger partial charge in [-0.05, 0) is 103 Å². The van der Waals surface area contributed by atoms with Crippen LogP contribution in [-0.2, 0) is 19.3 Å². The van der Waals surface area contributed by atoms with E-state index in [0.717, 1.165) is 55.6 Å². The maximum absolute atomic E-state index is 10.3. The molecular formula is C37H41N3O2S2. The molecule has 3 aliphatic heterocycles. The smallest absolute Gasteiger partial charge is 0.165 e. The van der Waals surface area contributed by atoms with Crippen LogP contribution < -0.4 is 0 Å². The summed E-state index contributed by atoms with van der Waals surface area (Å²) in [6.07, 6.45) is 5.23. The zero-order valence-corrected chi connectivity index (χ0v) is 27.4. The molecule has 1 aliphatic carbocycles. The third kappa shape index (κ3) is 5.54. The molecule has 0 saturated carbocycles. The van der Waals surface area contributed by atoms with Crippen molar-refractivity contribution in [1.29, 1.82) is 0 Å². The largest absolute Gasteiger partial charge is 0.504 e. The van der Waals surface area contributed by atoms with E-state index in [2.05, 4.69) is 95.7 Å². The second kappa shape index (κ2) is 12.5. The molecule has 0 aromatic heterocycles. The lowest BCUT2D eigenvalue weighted by Crippen LogP contribution is -2.46. The molecule has 44 heavy (non-hydrogen) atoms. The quantitative estimate of drug-likeness (QED) is 0.180. The molecule has 228 valence electrons. The highest BCUT2D eigenvalue weighted by Crippen LogP contribution is 2.50. The van der Waals surface area contributed by atoms with Crippen LogP contribution in [0.4, 0.5) is 0 Å². The van der Waals surface area contributed by atoms with E-state index in [0.29, 0.717) is 12.1 Å². The Labute approximate surface area is 269 Å². The number of likely N-dealkylation sites (N-methyl/N-ethyl adjacent to an activating group) is 2. The van der Waals surface area contributed by atoms with E-state index in [1.807, 2.05) is 29.6 Å². The SMILES string of the molecule is CN1CCc2cccc3c2[C@H]1Cc1ccc(O)c(O)c1-3.CSc1ccc2c(c1)C(N1CCN(C)CC1)Cc1ccccc1S2. The summed E-state index contributed by atoms with van der Waals surface area (Å²) in [6, 6.07) is 26.7. The number of thioether (sulfide) groups is 1. The van der Waals surface area contributed by atoms with Crippen LogP contribution in [0.2, 0.25) is 0 Å². The van der Waals surface area contributed by atoms with Crippen LogP contribution >= 0.6 is 23.5 Å². The number of hydrogen-bond donors (Lipinski definition) is 2. The molecular weight excluding hydrogens is 583 g/mol. The minimum atomic E-state index is -0.0380. The molecule has 1 saturated heterocycles. The standard InChI is InChI=1S/C20H24N2S2.C17H17NO2/c1-21-9-11-22(12-10-21)18-13-15-5-3-4-6-19(15)24-20-8-7-16(23-2)14-17(18)20;1-18-8-7-10-3-2-4-12-15(10)13(18)9-11-5-6-14(19)17(20)16(11)12/h3-8,14,18H,9-13H2,1-2H3;2-6,13,19-20H,7-9H2,1H3/t;13-/m.1/s1. The van der Waals surface area contributed by atoms with Gasteiger partial charge < -0.3 is 15.1 Å². The molecule has 4 aromatic rings. The van der Waals surface area contributed by atoms with Gasteiger partial charge in [0.25, 0.3) is 0 Å². The molecule has 1 unspecified atom stereocenters. The zero-order chi connectivity index (χ0) is 30.4. The van der Waals surface area contributed by atoms with Gasteiger partial charge in [0.15, 0.2) is 11.5 Å². The fourth-order valence-corrected chi connectivity index (χ4v) is 8.91. The maximum atomic E-state index is 10.3. The lowest BCUT2D eigenvalue weighted by atomic mass is 9.77. The molecule has 2 atom stereocenters. The van der Waals surface area contributed by atoms with Gasteiger partial charge in [-0.1, -0.05) is 54.2 Å². The average molecular weight is 624 g/mol. The fraction of sp³-hybridized carbons (Fsp3) is 0.351. The van der Waals surface area contributed by atoms with Crippen molar-refractivity contribution >= 4 is 23.5 Å². The Hall–Kier alpha value is -2.94. The molecule has 1 fully saturated rings. The number of hydrogen-bond acceptors (Lipinski definition) is 7. The highest BCUT2D eigenvalue weighted by atomic mass is 32.2. The lowest BCUT2D eigenvalue weighted by molar-refractivity contribution is 0.109. The van der Waals surface area contributed by atoms with E-state index in [-0.39, 0.29) is 11.5 Å². The first-order chi connectivity index (χ1) is 21.4. The highest BCUT2D eigenvalue weighted by Gasteiger charge is 2.34. The summed E-state index contributed by atoms with van der Waals surface area (Å²) >= 11 is 3.79. The summed E-state index contributed by atoms with van der Waals surface area (Å²) in [5.41, 5.74) is 8.72. The number of benzene rings is 4. The Kier molecular flexibility index (Phi) is 8.42. The molecule has 2 N–H and O–H groups in total. The van der Waals surface area contributed by atoms with Crippen molar-refractivity contribution in [3.8, 4) is 22.6 Å². The van der Waals surface area contributed by atoms with Crippen LogP contribution in [0.15, 0.2) is 87.5 Å². The van der Waals surface area contributed by atoms with E-state index in [1.54, 1.807) is 6.07 Å². The third-order valence-electron chi connectivity index (χ3n) is 9.88. The van der Waals surface area contributed by atoms with Crippen LogP contribution in [0.1, 0.15) is 39.9 Å². The highest BCUT2D eigenvalue weighted by molar-refractivity contribution is 7.99. The number of aromatic hydroxyl groups is 2. The predicted octanol–water partition coefficient (Wildman–Crippen LogP) is 7.25. The Balaban J connectivity index is 0.000000144. The molecule has 0 spiro atoms. The summed E-state index contributed by atoms with van der Waals surface area (Å²) in [6.45, 7) is 5.74. The van der Waals surface area contributed by atoms with Gasteiger partial charge in [0.1, 0.15) is 0 Å². The molecule has 0 amide bonds. The van der Waals surface area contributed by atoms with E-state index in [1.165, 1.54) is 50.0 Å². The first-order valence-corrected chi connectivity index (χ1v) is 17.7. The third-order valence-corrected chi connectivity index (χ3v) is 11.8. The first-order valence-electron chi connectivity index (χ1n) is 15.6. The van der Waals surface area contributed by atoms with Gasteiger partial charge >= 0.3 is 0 Å². The number of piperazine rings is 1. The number of phenolic OH excluding ortho intramolecular Hbond substituents is 2. The molecule has 7 heteroatoms. The molecule has 3 heterocycles. The number of nitrogens with zero attached hydrogens (tertiary/aromatic N) is 3. The molecule has 0 radical (unpaired) electrons. The maximum Gasteiger partial charge on any atom is 0.165 e. The topological polar surface area (TPSA) is 50.2 Å². The van der Waals surface area contributed by atoms with Gasteiger partial charge in [0.2, 0.25) is 0 Å². The minimum absolute atomic E-state index is 0.0163. The van der Waals surface area contributed by atoms with Gasteiger partial charge in [-0.3, -0.25) is 9.80 Å². The summed E-state index contributed by atoms with van der Waals surface area (Å²) in [4.78, 5) is 11.8. The molecule has 8 rings (SSSR count).